The van der Waals surface area contributed by atoms with Gasteiger partial charge in [0.05, 0.1) is 11.1 Å². The second kappa shape index (κ2) is 24.0. The molecule has 0 fully saturated rings. The first kappa shape index (κ1) is 47.3. The molecule has 0 saturated heterocycles. The van der Waals surface area contributed by atoms with Crippen molar-refractivity contribution in [1.82, 2.24) is 0 Å². The molecule has 0 spiro atoms. The maximum absolute atomic E-state index is 15.7. The number of carboxylic acids is 2. The van der Waals surface area contributed by atoms with Crippen molar-refractivity contribution in [3.63, 3.8) is 0 Å². The van der Waals surface area contributed by atoms with Crippen LogP contribution in [0.25, 0.3) is 0 Å². The van der Waals surface area contributed by atoms with Gasteiger partial charge >= 0.3 is 26.7 Å². The largest absolute Gasteiger partial charge is 0.874 e. The molecule has 66 heavy (non-hydrogen) atoms. The zero-order valence-corrected chi connectivity index (χ0v) is 35.4. The fourth-order valence-electron chi connectivity index (χ4n) is 5.55. The number of rotatable bonds is 18. The Morgan fingerprint density at radius 1 is 0.455 bits per heavy atom. The van der Waals surface area contributed by atoms with E-state index >= 15 is 8.63 Å². The molecule has 16 nitrogen and oxygen atoms in total. The van der Waals surface area contributed by atoms with Crippen molar-refractivity contribution >= 4 is 83.2 Å². The molecular formula is C44H31B2F2N6O10S2-. The molecule has 6 aromatic carbocycles. The van der Waals surface area contributed by atoms with E-state index in [0.29, 0.717) is 40.2 Å². The van der Waals surface area contributed by atoms with E-state index in [1.165, 1.54) is 48.5 Å². The summed E-state index contributed by atoms with van der Waals surface area (Å²) in [6.07, 6.45) is 0. The highest BCUT2D eigenvalue weighted by Gasteiger charge is 2.30. The maximum Gasteiger partial charge on any atom is 0.874 e. The van der Waals surface area contributed by atoms with Gasteiger partial charge in [0, 0.05) is 32.0 Å². The number of hydrogen-bond donors (Lipinski definition) is 3. The standard InChI is InChI=1S/C44H32B2F2N6O10S2/c47-45(61-51-38(30-17-7-2-8-18-30)37(49-59)29-15-5-1-6-16-29)62-52-39(31-19-9-3-10-20-31)40(32-21-11-4-12-22-32)53-63-46(48)64-54-42(66-36-26-14-24-34(28-36)44(57)58)41(50-60)65-35-25-13-23-33(27-35)43(55)56/h1-28,59-60H,(H,55,56)(H,57,58)/p-1/b49-37+,50-41-,51-38+,52-39+,53-40+,54-42-. The molecule has 0 aliphatic rings. The van der Waals surface area contributed by atoms with E-state index < -0.39 is 31.8 Å². The number of thioether (sulfide) groups is 2. The molecule has 0 aliphatic heterocycles. The molecule has 0 bridgehead atoms. The summed E-state index contributed by atoms with van der Waals surface area (Å²) in [5.41, 5.74) is 0.748. The van der Waals surface area contributed by atoms with Gasteiger partial charge in [0.2, 0.25) is 0 Å². The molecule has 3 N–H and O–H groups in total. The Morgan fingerprint density at radius 2 is 0.773 bits per heavy atom. The number of aromatic carboxylic acids is 2. The van der Waals surface area contributed by atoms with Crippen molar-refractivity contribution in [1.29, 1.82) is 0 Å². The van der Waals surface area contributed by atoms with Crippen LogP contribution in [0.1, 0.15) is 43.0 Å². The van der Waals surface area contributed by atoms with Crippen LogP contribution in [0.2, 0.25) is 0 Å². The molecule has 0 unspecified atom stereocenters. The molecule has 0 radical (unpaired) electrons. The monoisotopic (exact) mass is 927 g/mol. The molecular weight excluding hydrogens is 896 g/mol. The fraction of sp³-hybridized carbons (Fsp3) is 0. The maximum atomic E-state index is 15.7. The van der Waals surface area contributed by atoms with Gasteiger partial charge in [0.25, 0.3) is 0 Å². The average Bonchev–Trinajstić information content (AvgIpc) is 3.35. The number of carboxylic acid groups (broad SMARTS) is 2. The fourth-order valence-corrected chi connectivity index (χ4v) is 7.27. The van der Waals surface area contributed by atoms with Gasteiger partial charge in [-0.05, 0) is 36.4 Å². The number of benzene rings is 6. The summed E-state index contributed by atoms with van der Waals surface area (Å²) < 4.78 is 51.5. The van der Waals surface area contributed by atoms with Crippen LogP contribution in [-0.4, -0.2) is 75.1 Å². The van der Waals surface area contributed by atoms with Crippen LogP contribution in [0.5, 0.6) is 0 Å². The van der Waals surface area contributed by atoms with Gasteiger partial charge in [-0.3, -0.25) is 0 Å². The topological polar surface area (TPSA) is 229 Å². The number of nitrogens with zero attached hydrogens (tertiary/aromatic N) is 6. The van der Waals surface area contributed by atoms with Gasteiger partial charge in [-0.1, -0.05) is 183 Å². The second-order valence-corrected chi connectivity index (χ2v) is 15.0. The summed E-state index contributed by atoms with van der Waals surface area (Å²) in [6, 6.07) is 44.2. The van der Waals surface area contributed by atoms with Gasteiger partial charge in [-0.25, -0.2) is 18.2 Å². The van der Waals surface area contributed by atoms with E-state index in [9.17, 15) is 30.2 Å². The Hall–Kier alpha value is -8.23. The highest BCUT2D eigenvalue weighted by Crippen LogP contribution is 2.29. The number of halogens is 2. The zero-order valence-electron chi connectivity index (χ0n) is 33.8. The normalized spacial score (nSPS) is 12.5. The minimum atomic E-state index is -2.80. The lowest BCUT2D eigenvalue weighted by molar-refractivity contribution is 0.0685. The van der Waals surface area contributed by atoms with Crippen LogP contribution in [0, 0.1) is 5.21 Å². The summed E-state index contributed by atoms with van der Waals surface area (Å²) in [5, 5.41) is 62.4. The molecule has 0 atom stereocenters. The Bertz CT molecular complexity index is 2800. The molecule has 0 heterocycles. The zero-order chi connectivity index (χ0) is 46.7. The molecule has 0 aromatic heterocycles. The molecule has 0 aliphatic carbocycles. The molecule has 0 saturated carbocycles. The summed E-state index contributed by atoms with van der Waals surface area (Å²) in [4.78, 5) is 23.7. The van der Waals surface area contributed by atoms with Gasteiger partial charge in [0.1, 0.15) is 27.9 Å². The molecule has 6 rings (SSSR count). The lowest BCUT2D eigenvalue weighted by Crippen LogP contribution is -2.23. The molecule has 6 aromatic rings. The second-order valence-electron chi connectivity index (χ2n) is 12.9. The summed E-state index contributed by atoms with van der Waals surface area (Å²) in [6.45, 7) is 0. The summed E-state index contributed by atoms with van der Waals surface area (Å²) in [5.74, 6) is -2.48. The van der Waals surface area contributed by atoms with Crippen molar-refractivity contribution < 1.29 is 52.7 Å². The first-order valence-corrected chi connectivity index (χ1v) is 20.7. The van der Waals surface area contributed by atoms with Crippen molar-refractivity contribution in [3.8, 4) is 0 Å². The predicted octanol–water partition coefficient (Wildman–Crippen LogP) is 9.24. The lowest BCUT2D eigenvalue weighted by atomic mass is 10.00. The average molecular weight is 928 g/mol. The molecule has 0 amide bonds. The van der Waals surface area contributed by atoms with Crippen molar-refractivity contribution in [3.05, 3.63) is 208 Å². The Labute approximate surface area is 383 Å². The first-order valence-electron chi connectivity index (χ1n) is 19.0. The predicted molar refractivity (Wildman–Crippen MR) is 249 cm³/mol. The van der Waals surface area contributed by atoms with Crippen LogP contribution in [0.4, 0.5) is 8.63 Å². The minimum Gasteiger partial charge on any atom is -0.791 e. The van der Waals surface area contributed by atoms with E-state index in [1.54, 1.807) is 121 Å². The number of oxime groups is 5. The number of carbonyl (C=O) groups is 2. The van der Waals surface area contributed by atoms with E-state index in [-0.39, 0.29) is 54.4 Å². The third kappa shape index (κ3) is 13.4. The minimum absolute atomic E-state index is 0.0376. The van der Waals surface area contributed by atoms with E-state index in [4.69, 9.17) is 19.0 Å². The SMILES string of the molecule is O=C(O)c1cccc(SC(=N\[O-])/C(=N/OB(F)O/N=C(/C(=N/OB(F)O/N=C(/C(=N/O)c2ccccc2)c2ccccc2)c2ccccc2)c2ccccc2)Sc2cccc(C(=O)O)c2)c1. The quantitative estimate of drug-likeness (QED) is 0.0183. The van der Waals surface area contributed by atoms with Gasteiger partial charge in [-0.15, -0.1) is 0 Å². The van der Waals surface area contributed by atoms with E-state index in [2.05, 4.69) is 30.9 Å². The van der Waals surface area contributed by atoms with Crippen molar-refractivity contribution in [2.24, 2.45) is 30.9 Å². The van der Waals surface area contributed by atoms with Crippen LogP contribution in [0.15, 0.2) is 211 Å². The van der Waals surface area contributed by atoms with Crippen molar-refractivity contribution in [2.45, 2.75) is 9.79 Å². The van der Waals surface area contributed by atoms with Crippen LogP contribution in [-0.2, 0) is 19.0 Å². The Kier molecular flexibility index (Phi) is 17.2. The van der Waals surface area contributed by atoms with Gasteiger partial charge in [-0.2, -0.15) is 0 Å². The summed E-state index contributed by atoms with van der Waals surface area (Å²) >= 11 is 1.37. The van der Waals surface area contributed by atoms with Gasteiger partial charge < -0.3 is 44.8 Å². The highest BCUT2D eigenvalue weighted by atomic mass is 32.2. The third-order valence-electron chi connectivity index (χ3n) is 8.49. The molecule has 22 heteroatoms. The Morgan fingerprint density at radius 3 is 1.12 bits per heavy atom. The lowest BCUT2D eigenvalue weighted by Gasteiger charge is -2.13. The van der Waals surface area contributed by atoms with E-state index in [0.717, 1.165) is 0 Å². The Balaban J connectivity index is 1.30. The number of hydrogen-bond acceptors (Lipinski definition) is 16. The van der Waals surface area contributed by atoms with Gasteiger partial charge in [0.15, 0.2) is 5.04 Å². The third-order valence-corrected chi connectivity index (χ3v) is 10.5. The van der Waals surface area contributed by atoms with Crippen LogP contribution >= 0.6 is 23.5 Å². The van der Waals surface area contributed by atoms with Crippen LogP contribution < -0.4 is 0 Å². The summed E-state index contributed by atoms with van der Waals surface area (Å²) in [7, 11) is -5.47. The molecule has 330 valence electrons. The van der Waals surface area contributed by atoms with Crippen LogP contribution in [0.3, 0.4) is 0 Å². The first-order chi connectivity index (χ1) is 32.1. The smallest absolute Gasteiger partial charge is 0.791 e. The highest BCUT2D eigenvalue weighted by molar-refractivity contribution is 8.25. The van der Waals surface area contributed by atoms with Crippen molar-refractivity contribution in [2.75, 3.05) is 0 Å². The van der Waals surface area contributed by atoms with E-state index in [1.807, 2.05) is 0 Å².